The van der Waals surface area contributed by atoms with Crippen LogP contribution >= 0.6 is 46.8 Å². The van der Waals surface area contributed by atoms with Crippen molar-refractivity contribution >= 4 is 58.8 Å². The van der Waals surface area contributed by atoms with Crippen LogP contribution in [0.3, 0.4) is 0 Å². The maximum atomic E-state index is 11.5. The number of hydrogen-bond donors (Lipinski definition) is 3. The predicted octanol–water partition coefficient (Wildman–Crippen LogP) is 2.00. The van der Waals surface area contributed by atoms with E-state index < -0.39 is 16.5 Å². The quantitative estimate of drug-likeness (QED) is 0.362. The largest absolute Gasteiger partial charge is 0.480 e. The van der Waals surface area contributed by atoms with Crippen LogP contribution in [0.4, 0.5) is 0 Å². The molecular formula is C9H16O4S4. The molecule has 0 aliphatic rings. The molecule has 0 aromatic heterocycles. The molecule has 8 heteroatoms. The molecule has 0 aliphatic carbocycles. The van der Waals surface area contributed by atoms with Gasteiger partial charge in [-0.15, -0.1) is 0 Å². The van der Waals surface area contributed by atoms with Crippen molar-refractivity contribution in [2.45, 2.75) is 29.6 Å². The Morgan fingerprint density at radius 3 is 2.29 bits per heavy atom. The zero-order valence-corrected chi connectivity index (χ0v) is 13.0. The fraction of sp³-hybridized carbons (Fsp3) is 0.778. The first-order valence-electron chi connectivity index (χ1n) is 4.89. The van der Waals surface area contributed by atoms with E-state index >= 15 is 0 Å². The minimum atomic E-state index is -0.895. The molecule has 0 fully saturated rings. The summed E-state index contributed by atoms with van der Waals surface area (Å²) in [6, 6.07) is 0. The fourth-order valence-corrected chi connectivity index (χ4v) is 2.82. The van der Waals surface area contributed by atoms with E-state index in [-0.39, 0.29) is 17.8 Å². The second kappa shape index (κ2) is 9.29. The number of hydrogen-bond acceptors (Lipinski definition) is 7. The Kier molecular flexibility index (Phi) is 9.48. The van der Waals surface area contributed by atoms with Gasteiger partial charge in [-0.1, -0.05) is 21.6 Å². The lowest BCUT2D eigenvalue weighted by Crippen LogP contribution is -2.22. The molecule has 0 bridgehead atoms. The number of carbonyl (C=O) groups is 2. The van der Waals surface area contributed by atoms with Crippen LogP contribution in [-0.2, 0) is 14.3 Å². The molecule has 0 spiro atoms. The van der Waals surface area contributed by atoms with Gasteiger partial charge in [0.1, 0.15) is 17.1 Å². The lowest BCUT2D eigenvalue weighted by molar-refractivity contribution is -0.142. The number of ether oxygens (including phenoxy) is 1. The molecular weight excluding hydrogens is 300 g/mol. The Morgan fingerprint density at radius 1 is 1.29 bits per heavy atom. The van der Waals surface area contributed by atoms with Crippen LogP contribution in [-0.4, -0.2) is 45.2 Å². The Balaban J connectivity index is 3.86. The van der Waals surface area contributed by atoms with E-state index in [1.54, 1.807) is 13.8 Å². The minimum Gasteiger partial charge on any atom is -0.480 e. The molecule has 0 heterocycles. The van der Waals surface area contributed by atoms with Gasteiger partial charge in [-0.2, -0.15) is 25.3 Å². The summed E-state index contributed by atoms with van der Waals surface area (Å²) in [7, 11) is 2.34. The summed E-state index contributed by atoms with van der Waals surface area (Å²) in [6.07, 6.45) is 0. The maximum absolute atomic E-state index is 11.5. The summed E-state index contributed by atoms with van der Waals surface area (Å²) in [6.45, 7) is 3.47. The molecule has 0 aromatic rings. The Bertz CT molecular complexity index is 261. The molecule has 17 heavy (non-hydrogen) atoms. The lowest BCUT2D eigenvalue weighted by atomic mass is 10.4. The van der Waals surface area contributed by atoms with Gasteiger partial charge >= 0.3 is 11.9 Å². The first-order valence-corrected chi connectivity index (χ1v) is 8.31. The number of rotatable bonds is 8. The molecule has 0 amide bonds. The SMILES string of the molecule is CC(SSC(C)C(=O)OCC(S)CS)C(=O)O. The Hall–Kier alpha value is 0.340. The van der Waals surface area contributed by atoms with Gasteiger partial charge in [-0.05, 0) is 13.8 Å². The van der Waals surface area contributed by atoms with E-state index in [0.29, 0.717) is 5.75 Å². The molecule has 1 N–H and O–H groups in total. The second-order valence-electron chi connectivity index (χ2n) is 3.28. The van der Waals surface area contributed by atoms with E-state index in [2.05, 4.69) is 25.3 Å². The van der Waals surface area contributed by atoms with Crippen molar-refractivity contribution in [3.63, 3.8) is 0 Å². The molecule has 0 aromatic carbocycles. The third-order valence-corrected chi connectivity index (χ3v) is 5.86. The van der Waals surface area contributed by atoms with Crippen molar-refractivity contribution in [1.29, 1.82) is 0 Å². The van der Waals surface area contributed by atoms with Gasteiger partial charge in [-0.3, -0.25) is 9.59 Å². The highest BCUT2D eigenvalue weighted by Gasteiger charge is 2.20. The van der Waals surface area contributed by atoms with Crippen LogP contribution in [0.1, 0.15) is 13.8 Å². The van der Waals surface area contributed by atoms with Crippen molar-refractivity contribution in [2.75, 3.05) is 12.4 Å². The van der Waals surface area contributed by atoms with Crippen LogP contribution in [0.15, 0.2) is 0 Å². The zero-order valence-electron chi connectivity index (χ0n) is 9.53. The topological polar surface area (TPSA) is 63.6 Å². The van der Waals surface area contributed by atoms with Gasteiger partial charge in [0.2, 0.25) is 0 Å². The molecule has 4 nitrogen and oxygen atoms in total. The minimum absolute atomic E-state index is 0.0786. The summed E-state index contributed by atoms with van der Waals surface area (Å²) in [5.74, 6) is -0.725. The first-order chi connectivity index (χ1) is 7.88. The summed E-state index contributed by atoms with van der Waals surface area (Å²) in [5.41, 5.74) is 0. The average molecular weight is 316 g/mol. The highest BCUT2D eigenvalue weighted by Crippen LogP contribution is 2.31. The van der Waals surface area contributed by atoms with Crippen molar-refractivity contribution in [1.82, 2.24) is 0 Å². The van der Waals surface area contributed by atoms with Gasteiger partial charge < -0.3 is 9.84 Å². The summed E-state index contributed by atoms with van der Waals surface area (Å²) < 4.78 is 5.00. The van der Waals surface area contributed by atoms with Gasteiger partial charge in [0.15, 0.2) is 0 Å². The highest BCUT2D eigenvalue weighted by atomic mass is 33.1. The van der Waals surface area contributed by atoms with Crippen molar-refractivity contribution in [2.24, 2.45) is 0 Å². The van der Waals surface area contributed by atoms with Crippen molar-refractivity contribution < 1.29 is 19.4 Å². The number of thiol groups is 2. The van der Waals surface area contributed by atoms with Gasteiger partial charge in [0, 0.05) is 11.0 Å². The third-order valence-electron chi connectivity index (χ3n) is 1.65. The van der Waals surface area contributed by atoms with Crippen molar-refractivity contribution in [3.05, 3.63) is 0 Å². The number of carbonyl (C=O) groups excluding carboxylic acids is 1. The van der Waals surface area contributed by atoms with E-state index in [1.165, 1.54) is 10.8 Å². The molecule has 3 atom stereocenters. The highest BCUT2D eigenvalue weighted by molar-refractivity contribution is 8.77. The van der Waals surface area contributed by atoms with Crippen molar-refractivity contribution in [3.8, 4) is 0 Å². The van der Waals surface area contributed by atoms with E-state index in [1.807, 2.05) is 0 Å². The van der Waals surface area contributed by atoms with Gasteiger partial charge in [0.25, 0.3) is 0 Å². The monoisotopic (exact) mass is 316 g/mol. The predicted molar refractivity (Wildman–Crippen MR) is 79.3 cm³/mol. The molecule has 0 aliphatic heterocycles. The number of carboxylic acids is 1. The Morgan fingerprint density at radius 2 is 1.82 bits per heavy atom. The Labute approximate surface area is 120 Å². The second-order valence-corrected chi connectivity index (χ2v) is 7.33. The van der Waals surface area contributed by atoms with Crippen LogP contribution in [0.5, 0.6) is 0 Å². The first kappa shape index (κ1) is 17.3. The van der Waals surface area contributed by atoms with Gasteiger partial charge in [0.05, 0.1) is 0 Å². The molecule has 3 unspecified atom stereocenters. The van der Waals surface area contributed by atoms with E-state index in [4.69, 9.17) is 9.84 Å². The van der Waals surface area contributed by atoms with Crippen LogP contribution in [0.25, 0.3) is 0 Å². The summed E-state index contributed by atoms with van der Waals surface area (Å²) >= 11 is 8.16. The normalized spacial score (nSPS) is 16.0. The molecule has 0 rings (SSSR count). The molecule has 0 radical (unpaired) electrons. The standard InChI is InChI=1S/C9H16O4S4/c1-5(8(10)11)16-17-6(2)9(12)13-3-7(15)4-14/h5-7,14-15H,3-4H2,1-2H3,(H,10,11). The van der Waals surface area contributed by atoms with Crippen LogP contribution in [0.2, 0.25) is 0 Å². The molecule has 0 saturated carbocycles. The molecule has 0 saturated heterocycles. The number of aliphatic carboxylic acids is 1. The number of carboxylic acid groups (broad SMARTS) is 1. The van der Waals surface area contributed by atoms with Gasteiger partial charge in [-0.25, -0.2) is 0 Å². The summed E-state index contributed by atoms with van der Waals surface area (Å²) in [5, 5.41) is 7.64. The van der Waals surface area contributed by atoms with E-state index in [9.17, 15) is 9.59 Å². The maximum Gasteiger partial charge on any atom is 0.319 e. The lowest BCUT2D eigenvalue weighted by Gasteiger charge is -2.13. The average Bonchev–Trinajstić information content (AvgIpc) is 2.31. The summed E-state index contributed by atoms with van der Waals surface area (Å²) in [4.78, 5) is 22.0. The smallest absolute Gasteiger partial charge is 0.319 e. The molecule has 100 valence electrons. The van der Waals surface area contributed by atoms with Crippen LogP contribution < -0.4 is 0 Å². The fourth-order valence-electron chi connectivity index (χ4n) is 0.595. The van der Waals surface area contributed by atoms with E-state index in [0.717, 1.165) is 10.8 Å². The zero-order chi connectivity index (χ0) is 13.4. The van der Waals surface area contributed by atoms with Crippen LogP contribution in [0, 0.1) is 0 Å². The number of esters is 1. The third kappa shape index (κ3) is 8.12.